The highest BCUT2D eigenvalue weighted by molar-refractivity contribution is 7.10. The third-order valence-corrected chi connectivity index (χ3v) is 4.77. The molecule has 1 aromatic heterocycles. The molecule has 1 aliphatic rings. The number of hydrogen-bond donors (Lipinski definition) is 1. The summed E-state index contributed by atoms with van der Waals surface area (Å²) in [6, 6.07) is 6.66. The Balaban J connectivity index is 1.47. The highest BCUT2D eigenvalue weighted by Gasteiger charge is 2.21. The molecule has 2 aromatic rings. The minimum absolute atomic E-state index is 0.0837. The van der Waals surface area contributed by atoms with Gasteiger partial charge in [0.1, 0.15) is 23.2 Å². The van der Waals surface area contributed by atoms with Gasteiger partial charge >= 0.3 is 5.97 Å². The van der Waals surface area contributed by atoms with Gasteiger partial charge in [-0.25, -0.2) is 0 Å². The molecule has 1 aromatic carbocycles. The summed E-state index contributed by atoms with van der Waals surface area (Å²) < 4.78 is 8.96. The largest absolute Gasteiger partial charge is 0.458 e. The lowest BCUT2D eigenvalue weighted by molar-refractivity contribution is -0.143. The lowest BCUT2D eigenvalue weighted by Gasteiger charge is -2.15. The van der Waals surface area contributed by atoms with Gasteiger partial charge in [-0.2, -0.15) is 0 Å². The van der Waals surface area contributed by atoms with Crippen LogP contribution in [0.5, 0.6) is 0 Å². The standard InChI is InChI=1S/C16H15ClN4O4S/c17-15-12(19-20-26-15)9-25-14(23)8-18-16(24)10-3-5-11(6-4-10)21-7-1-2-13(21)22/h3-6H,1-2,7-9H2,(H,18,24). The lowest BCUT2D eigenvalue weighted by atomic mass is 10.2. The van der Waals surface area contributed by atoms with Gasteiger partial charge in [-0.05, 0) is 30.7 Å². The van der Waals surface area contributed by atoms with Crippen molar-refractivity contribution in [3.63, 3.8) is 0 Å². The van der Waals surface area contributed by atoms with Gasteiger partial charge in [-0.1, -0.05) is 16.1 Å². The Hall–Kier alpha value is -2.52. The van der Waals surface area contributed by atoms with E-state index in [1.165, 1.54) is 0 Å². The molecule has 1 aliphatic heterocycles. The molecule has 2 heterocycles. The maximum absolute atomic E-state index is 12.1. The van der Waals surface area contributed by atoms with Crippen LogP contribution >= 0.6 is 23.1 Å². The highest BCUT2D eigenvalue weighted by Crippen LogP contribution is 2.21. The van der Waals surface area contributed by atoms with Crippen molar-refractivity contribution in [2.75, 3.05) is 18.0 Å². The molecule has 0 bridgehead atoms. The first-order valence-corrected chi connectivity index (χ1v) is 9.00. The average molecular weight is 395 g/mol. The fourth-order valence-electron chi connectivity index (χ4n) is 2.45. The zero-order chi connectivity index (χ0) is 18.5. The summed E-state index contributed by atoms with van der Waals surface area (Å²) in [4.78, 5) is 37.2. The first kappa shape index (κ1) is 18.3. The van der Waals surface area contributed by atoms with E-state index in [0.717, 1.165) is 23.6 Å². The van der Waals surface area contributed by atoms with Crippen LogP contribution in [-0.2, 0) is 20.9 Å². The van der Waals surface area contributed by atoms with Crippen molar-refractivity contribution in [2.45, 2.75) is 19.4 Å². The summed E-state index contributed by atoms with van der Waals surface area (Å²) in [5.41, 5.74) is 1.53. The summed E-state index contributed by atoms with van der Waals surface area (Å²) in [6.07, 6.45) is 1.39. The summed E-state index contributed by atoms with van der Waals surface area (Å²) in [5, 5.41) is 6.20. The van der Waals surface area contributed by atoms with E-state index in [1.54, 1.807) is 29.2 Å². The summed E-state index contributed by atoms with van der Waals surface area (Å²) in [5.74, 6) is -0.934. The minimum atomic E-state index is -0.610. The van der Waals surface area contributed by atoms with Crippen LogP contribution in [0.1, 0.15) is 28.9 Å². The smallest absolute Gasteiger partial charge is 0.325 e. The predicted octanol–water partition coefficient (Wildman–Crippen LogP) is 1.79. The molecule has 1 fully saturated rings. The molecule has 136 valence electrons. The van der Waals surface area contributed by atoms with E-state index >= 15 is 0 Å². The Kier molecular flexibility index (Phi) is 5.79. The van der Waals surface area contributed by atoms with Crippen molar-refractivity contribution in [1.82, 2.24) is 14.9 Å². The molecule has 10 heteroatoms. The molecule has 2 amide bonds. The first-order chi connectivity index (χ1) is 12.5. The number of carbonyl (C=O) groups excluding carboxylic acids is 3. The number of hydrogen-bond acceptors (Lipinski definition) is 7. The minimum Gasteiger partial charge on any atom is -0.458 e. The molecule has 1 saturated heterocycles. The van der Waals surface area contributed by atoms with E-state index in [1.807, 2.05) is 0 Å². The van der Waals surface area contributed by atoms with Crippen LogP contribution in [0.4, 0.5) is 5.69 Å². The number of carbonyl (C=O) groups is 3. The molecule has 8 nitrogen and oxygen atoms in total. The van der Waals surface area contributed by atoms with Gasteiger partial charge in [0.25, 0.3) is 5.91 Å². The van der Waals surface area contributed by atoms with Crippen molar-refractivity contribution in [2.24, 2.45) is 0 Å². The fraction of sp³-hybridized carbons (Fsp3) is 0.312. The molecule has 26 heavy (non-hydrogen) atoms. The Morgan fingerprint density at radius 1 is 1.31 bits per heavy atom. The second kappa shape index (κ2) is 8.24. The number of ether oxygens (including phenoxy) is 1. The molecule has 0 unspecified atom stereocenters. The SMILES string of the molecule is O=C(CNC(=O)c1ccc(N2CCCC2=O)cc1)OCc1nnsc1Cl. The summed E-state index contributed by atoms with van der Waals surface area (Å²) in [6.45, 7) is 0.317. The Bertz CT molecular complexity index is 824. The van der Waals surface area contributed by atoms with Crippen molar-refractivity contribution in [3.05, 3.63) is 39.9 Å². The van der Waals surface area contributed by atoms with E-state index in [2.05, 4.69) is 14.9 Å². The average Bonchev–Trinajstić information content (AvgIpc) is 3.26. The second-order valence-electron chi connectivity index (χ2n) is 5.53. The zero-order valence-electron chi connectivity index (χ0n) is 13.6. The fourth-order valence-corrected chi connectivity index (χ4v) is 3.05. The number of nitrogens with zero attached hydrogens (tertiary/aromatic N) is 3. The number of aromatic nitrogens is 2. The Labute approximate surface area is 158 Å². The van der Waals surface area contributed by atoms with Gasteiger partial charge in [0.05, 0.1) is 0 Å². The van der Waals surface area contributed by atoms with Gasteiger partial charge in [0.2, 0.25) is 5.91 Å². The second-order valence-corrected chi connectivity index (χ2v) is 6.89. The third-order valence-electron chi connectivity index (χ3n) is 3.79. The summed E-state index contributed by atoms with van der Waals surface area (Å²) in [7, 11) is 0. The zero-order valence-corrected chi connectivity index (χ0v) is 15.2. The number of anilines is 1. The van der Waals surface area contributed by atoms with Crippen molar-refractivity contribution in [1.29, 1.82) is 0 Å². The van der Waals surface area contributed by atoms with E-state index in [0.29, 0.717) is 28.6 Å². The molecular weight excluding hydrogens is 380 g/mol. The van der Waals surface area contributed by atoms with Crippen LogP contribution < -0.4 is 10.2 Å². The van der Waals surface area contributed by atoms with Crippen LogP contribution in [0, 0.1) is 0 Å². The maximum atomic E-state index is 12.1. The number of halogens is 1. The van der Waals surface area contributed by atoms with Crippen molar-refractivity contribution < 1.29 is 19.1 Å². The lowest BCUT2D eigenvalue weighted by Crippen LogP contribution is -2.30. The van der Waals surface area contributed by atoms with Crippen LogP contribution in [-0.4, -0.2) is 40.5 Å². The van der Waals surface area contributed by atoms with E-state index in [-0.39, 0.29) is 19.1 Å². The third kappa shape index (κ3) is 4.36. The number of esters is 1. The van der Waals surface area contributed by atoms with Gasteiger partial charge in [-0.3, -0.25) is 14.4 Å². The van der Waals surface area contributed by atoms with Gasteiger partial charge in [0.15, 0.2) is 0 Å². The molecular formula is C16H15ClN4O4S. The number of nitrogens with one attached hydrogen (secondary N) is 1. The highest BCUT2D eigenvalue weighted by atomic mass is 35.5. The molecule has 1 N–H and O–H groups in total. The molecule has 3 rings (SSSR count). The number of benzene rings is 1. The van der Waals surface area contributed by atoms with E-state index in [9.17, 15) is 14.4 Å². The normalized spacial score (nSPS) is 13.7. The van der Waals surface area contributed by atoms with Gasteiger partial charge < -0.3 is 15.0 Å². The Morgan fingerprint density at radius 3 is 2.69 bits per heavy atom. The van der Waals surface area contributed by atoms with E-state index < -0.39 is 11.9 Å². The van der Waals surface area contributed by atoms with E-state index in [4.69, 9.17) is 16.3 Å². The molecule has 0 atom stereocenters. The Morgan fingerprint density at radius 2 is 2.08 bits per heavy atom. The topological polar surface area (TPSA) is 101 Å². The van der Waals surface area contributed by atoms with Crippen LogP contribution in [0.3, 0.4) is 0 Å². The van der Waals surface area contributed by atoms with Crippen LogP contribution in [0.15, 0.2) is 24.3 Å². The molecule has 0 aliphatic carbocycles. The summed E-state index contributed by atoms with van der Waals surface area (Å²) >= 11 is 6.81. The van der Waals surface area contributed by atoms with Crippen LogP contribution in [0.25, 0.3) is 0 Å². The monoisotopic (exact) mass is 394 g/mol. The number of amides is 2. The van der Waals surface area contributed by atoms with Crippen LogP contribution in [0.2, 0.25) is 4.34 Å². The quantitative estimate of drug-likeness (QED) is 0.749. The van der Waals surface area contributed by atoms with Crippen molar-refractivity contribution >= 4 is 46.6 Å². The van der Waals surface area contributed by atoms with Gasteiger partial charge in [-0.15, -0.1) is 5.10 Å². The first-order valence-electron chi connectivity index (χ1n) is 7.85. The predicted molar refractivity (Wildman–Crippen MR) is 95.1 cm³/mol. The molecule has 0 saturated carbocycles. The van der Waals surface area contributed by atoms with Gasteiger partial charge in [0, 0.05) is 35.7 Å². The maximum Gasteiger partial charge on any atom is 0.325 e. The molecule has 0 radical (unpaired) electrons. The van der Waals surface area contributed by atoms with Crippen molar-refractivity contribution in [3.8, 4) is 0 Å². The molecule has 0 spiro atoms. The number of rotatable bonds is 6.